The summed E-state index contributed by atoms with van der Waals surface area (Å²) >= 11 is 0. The molecule has 0 saturated carbocycles. The Morgan fingerprint density at radius 2 is 1.84 bits per heavy atom. The van der Waals surface area contributed by atoms with E-state index in [-0.39, 0.29) is 23.8 Å². The highest BCUT2D eigenvalue weighted by molar-refractivity contribution is 5.84. The van der Waals surface area contributed by atoms with Crippen molar-refractivity contribution in [2.45, 2.75) is 46.0 Å². The van der Waals surface area contributed by atoms with Gasteiger partial charge in [0.05, 0.1) is 6.54 Å². The molecule has 1 aliphatic rings. The van der Waals surface area contributed by atoms with E-state index in [1.54, 1.807) is 0 Å². The van der Waals surface area contributed by atoms with E-state index < -0.39 is 0 Å². The molecule has 5 heteroatoms. The molecule has 1 fully saturated rings. The van der Waals surface area contributed by atoms with E-state index in [0.29, 0.717) is 13.0 Å². The molecule has 1 saturated heterocycles. The van der Waals surface area contributed by atoms with Gasteiger partial charge in [-0.1, -0.05) is 13.8 Å². The molecule has 0 spiro atoms. The van der Waals surface area contributed by atoms with Crippen LogP contribution in [0.15, 0.2) is 0 Å². The minimum absolute atomic E-state index is 0.0343. The third-order valence-corrected chi connectivity index (χ3v) is 3.75. The SMILES string of the molecule is CC(C)(CCN)CCC(=O)NCC(=O)N1CCCC1. The van der Waals surface area contributed by atoms with E-state index in [1.807, 2.05) is 4.90 Å². The van der Waals surface area contributed by atoms with Crippen molar-refractivity contribution in [2.75, 3.05) is 26.2 Å². The largest absolute Gasteiger partial charge is 0.347 e. The van der Waals surface area contributed by atoms with Crippen LogP contribution in [0.2, 0.25) is 0 Å². The van der Waals surface area contributed by atoms with Crippen LogP contribution >= 0.6 is 0 Å². The predicted octanol–water partition coefficient (Wildman–Crippen LogP) is 0.880. The van der Waals surface area contributed by atoms with Gasteiger partial charge in [-0.3, -0.25) is 9.59 Å². The van der Waals surface area contributed by atoms with Gasteiger partial charge in [0.15, 0.2) is 0 Å². The minimum Gasteiger partial charge on any atom is -0.347 e. The van der Waals surface area contributed by atoms with Gasteiger partial charge >= 0.3 is 0 Å². The number of nitrogens with one attached hydrogen (secondary N) is 1. The highest BCUT2D eigenvalue weighted by Crippen LogP contribution is 2.25. The molecule has 3 N–H and O–H groups in total. The fraction of sp³-hybridized carbons (Fsp3) is 0.857. The smallest absolute Gasteiger partial charge is 0.241 e. The zero-order valence-electron chi connectivity index (χ0n) is 12.2. The van der Waals surface area contributed by atoms with Gasteiger partial charge in [-0.15, -0.1) is 0 Å². The van der Waals surface area contributed by atoms with E-state index in [0.717, 1.165) is 38.8 Å². The van der Waals surface area contributed by atoms with Crippen LogP contribution in [0, 0.1) is 5.41 Å². The van der Waals surface area contributed by atoms with E-state index in [9.17, 15) is 9.59 Å². The molecular formula is C14H27N3O2. The van der Waals surface area contributed by atoms with Crippen LogP contribution in [0.1, 0.15) is 46.0 Å². The van der Waals surface area contributed by atoms with Gasteiger partial charge in [0, 0.05) is 19.5 Å². The third-order valence-electron chi connectivity index (χ3n) is 3.75. The summed E-state index contributed by atoms with van der Waals surface area (Å²) in [5.41, 5.74) is 5.63. The Labute approximate surface area is 115 Å². The molecule has 19 heavy (non-hydrogen) atoms. The molecule has 0 aromatic carbocycles. The van der Waals surface area contributed by atoms with E-state index in [1.165, 1.54) is 0 Å². The fourth-order valence-electron chi connectivity index (χ4n) is 2.31. The van der Waals surface area contributed by atoms with Crippen LogP contribution in [0.5, 0.6) is 0 Å². The van der Waals surface area contributed by atoms with Crippen LogP contribution < -0.4 is 11.1 Å². The maximum atomic E-state index is 11.7. The molecule has 1 rings (SSSR count). The summed E-state index contributed by atoms with van der Waals surface area (Å²) in [6.07, 6.45) is 4.32. The van der Waals surface area contributed by atoms with Crippen molar-refractivity contribution in [1.29, 1.82) is 0 Å². The summed E-state index contributed by atoms with van der Waals surface area (Å²) in [6, 6.07) is 0. The Kier molecular flexibility index (Phi) is 6.28. The lowest BCUT2D eigenvalue weighted by atomic mass is 9.84. The van der Waals surface area contributed by atoms with Gasteiger partial charge in [0.25, 0.3) is 0 Å². The summed E-state index contributed by atoms with van der Waals surface area (Å²) in [5, 5.41) is 2.71. The number of hydrogen-bond donors (Lipinski definition) is 2. The molecule has 2 amide bonds. The number of carbonyl (C=O) groups is 2. The van der Waals surface area contributed by atoms with E-state index in [4.69, 9.17) is 5.73 Å². The maximum absolute atomic E-state index is 11.7. The summed E-state index contributed by atoms with van der Waals surface area (Å²) < 4.78 is 0. The molecule has 0 radical (unpaired) electrons. The third kappa shape index (κ3) is 6.05. The molecule has 1 aliphatic heterocycles. The summed E-state index contributed by atoms with van der Waals surface area (Å²) in [6.45, 7) is 6.67. The molecule has 110 valence electrons. The number of amides is 2. The second-order valence-corrected chi connectivity index (χ2v) is 6.07. The van der Waals surface area contributed by atoms with Crippen molar-refractivity contribution in [3.63, 3.8) is 0 Å². The van der Waals surface area contributed by atoms with Gasteiger partial charge in [0.1, 0.15) is 0 Å². The lowest BCUT2D eigenvalue weighted by Gasteiger charge is -2.23. The number of likely N-dealkylation sites (tertiary alicyclic amines) is 1. The standard InChI is InChI=1S/C14H27N3O2/c1-14(2,7-8-15)6-5-12(18)16-11-13(19)17-9-3-4-10-17/h3-11,15H2,1-2H3,(H,16,18). The Balaban J connectivity index is 2.18. The van der Waals surface area contributed by atoms with Gasteiger partial charge in [-0.25, -0.2) is 0 Å². The molecule has 1 heterocycles. The van der Waals surface area contributed by atoms with Crippen molar-refractivity contribution in [2.24, 2.45) is 11.1 Å². The zero-order chi connectivity index (χ0) is 14.3. The van der Waals surface area contributed by atoms with Crippen molar-refractivity contribution in [3.05, 3.63) is 0 Å². The van der Waals surface area contributed by atoms with Crippen molar-refractivity contribution >= 4 is 11.8 Å². The summed E-state index contributed by atoms with van der Waals surface area (Å²) in [7, 11) is 0. The highest BCUT2D eigenvalue weighted by atomic mass is 16.2. The van der Waals surface area contributed by atoms with Gasteiger partial charge < -0.3 is 16.0 Å². The van der Waals surface area contributed by atoms with Crippen LogP contribution in [0.3, 0.4) is 0 Å². The number of nitrogens with two attached hydrogens (primary N) is 1. The van der Waals surface area contributed by atoms with Gasteiger partial charge in [0.2, 0.25) is 11.8 Å². The molecule has 0 aromatic rings. The molecule has 0 bridgehead atoms. The Morgan fingerprint density at radius 1 is 1.21 bits per heavy atom. The van der Waals surface area contributed by atoms with Crippen LogP contribution in [0.4, 0.5) is 0 Å². The molecule has 0 atom stereocenters. The molecule has 0 unspecified atom stereocenters. The van der Waals surface area contributed by atoms with E-state index >= 15 is 0 Å². The molecule has 0 aromatic heterocycles. The number of nitrogens with zero attached hydrogens (tertiary/aromatic N) is 1. The second kappa shape index (κ2) is 7.48. The quantitative estimate of drug-likeness (QED) is 0.720. The normalized spacial score (nSPS) is 15.6. The van der Waals surface area contributed by atoms with Crippen molar-refractivity contribution < 1.29 is 9.59 Å². The lowest BCUT2D eigenvalue weighted by Crippen LogP contribution is -2.38. The summed E-state index contributed by atoms with van der Waals surface area (Å²) in [5.74, 6) is -0.00953. The van der Waals surface area contributed by atoms with Crippen LogP contribution in [-0.2, 0) is 9.59 Å². The first-order valence-electron chi connectivity index (χ1n) is 7.19. The lowest BCUT2D eigenvalue weighted by molar-refractivity contribution is -0.132. The van der Waals surface area contributed by atoms with Crippen molar-refractivity contribution in [1.82, 2.24) is 10.2 Å². The Hall–Kier alpha value is -1.10. The van der Waals surface area contributed by atoms with Crippen LogP contribution in [-0.4, -0.2) is 42.9 Å². The van der Waals surface area contributed by atoms with Crippen molar-refractivity contribution in [3.8, 4) is 0 Å². The van der Waals surface area contributed by atoms with Crippen LogP contribution in [0.25, 0.3) is 0 Å². The fourth-order valence-corrected chi connectivity index (χ4v) is 2.31. The number of hydrogen-bond acceptors (Lipinski definition) is 3. The first-order chi connectivity index (χ1) is 8.94. The van der Waals surface area contributed by atoms with E-state index in [2.05, 4.69) is 19.2 Å². The molecular weight excluding hydrogens is 242 g/mol. The predicted molar refractivity (Wildman–Crippen MR) is 75.5 cm³/mol. The van der Waals surface area contributed by atoms with Gasteiger partial charge in [-0.2, -0.15) is 0 Å². The molecule has 0 aliphatic carbocycles. The second-order valence-electron chi connectivity index (χ2n) is 6.07. The topological polar surface area (TPSA) is 75.4 Å². The minimum atomic E-state index is -0.0438. The Morgan fingerprint density at radius 3 is 2.42 bits per heavy atom. The average molecular weight is 269 g/mol. The average Bonchev–Trinajstić information content (AvgIpc) is 2.87. The zero-order valence-corrected chi connectivity index (χ0v) is 12.2. The Bertz CT molecular complexity index is 310. The van der Waals surface area contributed by atoms with Gasteiger partial charge in [-0.05, 0) is 37.6 Å². The summed E-state index contributed by atoms with van der Waals surface area (Å²) in [4.78, 5) is 25.3. The monoisotopic (exact) mass is 269 g/mol. The number of rotatable bonds is 7. The maximum Gasteiger partial charge on any atom is 0.241 e. The molecule has 5 nitrogen and oxygen atoms in total. The number of carbonyl (C=O) groups excluding carboxylic acids is 2. The highest BCUT2D eigenvalue weighted by Gasteiger charge is 2.20. The first kappa shape index (κ1) is 16.0. The first-order valence-corrected chi connectivity index (χ1v) is 7.19.